The molecule has 2 heterocycles. The predicted molar refractivity (Wildman–Crippen MR) is 166 cm³/mol. The van der Waals surface area contributed by atoms with Crippen molar-refractivity contribution in [3.63, 3.8) is 0 Å². The third-order valence-corrected chi connectivity index (χ3v) is 8.37. The summed E-state index contributed by atoms with van der Waals surface area (Å²) in [7, 11) is 0. The molecule has 0 spiro atoms. The number of morpholine rings is 1. The molecule has 0 aliphatic carbocycles. The summed E-state index contributed by atoms with van der Waals surface area (Å²) in [4.78, 5) is 11.2. The molecule has 0 amide bonds. The summed E-state index contributed by atoms with van der Waals surface area (Å²) < 4.78 is 18.0. The van der Waals surface area contributed by atoms with Crippen molar-refractivity contribution in [2.75, 3.05) is 50.8 Å². The van der Waals surface area contributed by atoms with Gasteiger partial charge in [0, 0.05) is 55.1 Å². The lowest BCUT2D eigenvalue weighted by atomic mass is 10.1. The minimum Gasteiger partial charge on any atom is -0.455 e. The molecule has 1 aliphatic rings. The van der Waals surface area contributed by atoms with Gasteiger partial charge in [-0.25, -0.2) is 4.98 Å². The molecule has 1 aliphatic heterocycles. The van der Waals surface area contributed by atoms with Gasteiger partial charge in [-0.1, -0.05) is 18.5 Å². The number of anilines is 1. The third kappa shape index (κ3) is 8.58. The number of hydrogen-bond acceptors (Lipinski definition) is 9. The minimum atomic E-state index is -0.437. The molecule has 0 radical (unpaired) electrons. The van der Waals surface area contributed by atoms with Crippen LogP contribution in [0.4, 0.5) is 5.13 Å². The fraction of sp³-hybridized carbons (Fsp3) is 0.484. The van der Waals surface area contributed by atoms with Gasteiger partial charge in [0.1, 0.15) is 11.5 Å². The number of nitrogens with zero attached hydrogens (tertiary/aromatic N) is 4. The number of thiazole rings is 1. The Kier molecular flexibility index (Phi) is 11.7. The molecule has 41 heavy (non-hydrogen) atoms. The molecular weight excluding hydrogens is 538 g/mol. The average Bonchev–Trinajstić information content (AvgIpc) is 3.44. The standard InChI is InChI=1S/C31H43N5O4S/c1-4-7-8-28(40-26-15-11-24(12-16-26)30(32)34-37)39-25-13-9-23(10-14-25)29-27(17-18-35-19-21-38-22-20-35)41-31(33-29)36(5-2)6-3/h9-16,28,37H,4-8,17-22H2,1-3H3,(H2,32,34). The molecule has 1 fully saturated rings. The van der Waals surface area contributed by atoms with Crippen LogP contribution in [0, 0.1) is 0 Å². The molecule has 222 valence electrons. The maximum absolute atomic E-state index is 8.90. The van der Waals surface area contributed by atoms with Gasteiger partial charge in [-0.3, -0.25) is 4.90 Å². The highest BCUT2D eigenvalue weighted by Crippen LogP contribution is 2.35. The van der Waals surface area contributed by atoms with Gasteiger partial charge < -0.3 is 30.1 Å². The molecular formula is C31H43N5O4S. The Morgan fingerprint density at radius 2 is 1.68 bits per heavy atom. The summed E-state index contributed by atoms with van der Waals surface area (Å²) >= 11 is 1.81. The van der Waals surface area contributed by atoms with Crippen molar-refractivity contribution < 1.29 is 19.4 Å². The molecule has 1 saturated heterocycles. The fourth-order valence-electron chi connectivity index (χ4n) is 4.72. The molecule has 0 bridgehead atoms. The second kappa shape index (κ2) is 15.6. The van der Waals surface area contributed by atoms with Gasteiger partial charge in [0.15, 0.2) is 11.0 Å². The molecule has 1 aromatic heterocycles. The van der Waals surface area contributed by atoms with Gasteiger partial charge in [-0.15, -0.1) is 11.3 Å². The molecule has 1 atom stereocenters. The Labute approximate surface area is 247 Å². The topological polar surface area (TPSA) is 106 Å². The van der Waals surface area contributed by atoms with Crippen molar-refractivity contribution in [3.05, 3.63) is 59.0 Å². The van der Waals surface area contributed by atoms with Crippen LogP contribution in [-0.4, -0.2) is 73.2 Å². The summed E-state index contributed by atoms with van der Waals surface area (Å²) in [5.41, 5.74) is 8.45. The molecule has 3 N–H and O–H groups in total. The van der Waals surface area contributed by atoms with E-state index in [2.05, 4.69) is 47.9 Å². The van der Waals surface area contributed by atoms with Crippen LogP contribution in [0.25, 0.3) is 11.3 Å². The zero-order valence-electron chi connectivity index (χ0n) is 24.4. The van der Waals surface area contributed by atoms with Crippen molar-refractivity contribution in [2.45, 2.75) is 52.7 Å². The number of amidine groups is 1. The van der Waals surface area contributed by atoms with Crippen LogP contribution >= 0.6 is 11.3 Å². The van der Waals surface area contributed by atoms with Crippen molar-refractivity contribution in [3.8, 4) is 22.8 Å². The lowest BCUT2D eigenvalue weighted by Gasteiger charge is -2.26. The number of oxime groups is 1. The maximum Gasteiger partial charge on any atom is 0.241 e. The van der Waals surface area contributed by atoms with Crippen molar-refractivity contribution in [1.29, 1.82) is 0 Å². The van der Waals surface area contributed by atoms with E-state index < -0.39 is 6.29 Å². The molecule has 2 aromatic carbocycles. The number of aromatic nitrogens is 1. The van der Waals surface area contributed by atoms with Gasteiger partial charge >= 0.3 is 0 Å². The van der Waals surface area contributed by atoms with Crippen LogP contribution in [-0.2, 0) is 11.2 Å². The van der Waals surface area contributed by atoms with E-state index in [9.17, 15) is 0 Å². The van der Waals surface area contributed by atoms with Crippen molar-refractivity contribution >= 4 is 22.3 Å². The lowest BCUT2D eigenvalue weighted by Crippen LogP contribution is -2.37. The first-order valence-electron chi connectivity index (χ1n) is 14.6. The monoisotopic (exact) mass is 581 g/mol. The van der Waals surface area contributed by atoms with E-state index in [-0.39, 0.29) is 5.84 Å². The molecule has 4 rings (SSSR count). The zero-order valence-corrected chi connectivity index (χ0v) is 25.2. The molecule has 0 saturated carbocycles. The molecule has 9 nitrogen and oxygen atoms in total. The average molecular weight is 582 g/mol. The molecule has 1 unspecified atom stereocenters. The van der Waals surface area contributed by atoms with E-state index in [1.165, 1.54) is 4.88 Å². The van der Waals surface area contributed by atoms with Crippen molar-refractivity contribution in [2.24, 2.45) is 10.9 Å². The lowest BCUT2D eigenvalue weighted by molar-refractivity contribution is -0.00211. The summed E-state index contributed by atoms with van der Waals surface area (Å²) in [5.74, 6) is 1.47. The first-order valence-corrected chi connectivity index (χ1v) is 15.4. The largest absolute Gasteiger partial charge is 0.455 e. The van der Waals surface area contributed by atoms with Gasteiger partial charge in [0.2, 0.25) is 6.29 Å². The van der Waals surface area contributed by atoms with Crippen LogP contribution in [0.15, 0.2) is 53.7 Å². The summed E-state index contributed by atoms with van der Waals surface area (Å²) in [6, 6.07) is 15.3. The number of hydrogen-bond donors (Lipinski definition) is 2. The van der Waals surface area contributed by atoms with E-state index in [0.717, 1.165) is 93.8 Å². The number of benzene rings is 2. The molecule has 3 aromatic rings. The highest BCUT2D eigenvalue weighted by molar-refractivity contribution is 7.16. The van der Waals surface area contributed by atoms with E-state index in [1.54, 1.807) is 35.6 Å². The molecule has 10 heteroatoms. The zero-order chi connectivity index (χ0) is 29.0. The van der Waals surface area contributed by atoms with Gasteiger partial charge in [0.25, 0.3) is 0 Å². The van der Waals surface area contributed by atoms with E-state index in [1.807, 2.05) is 12.1 Å². The number of rotatable bonds is 15. The van der Waals surface area contributed by atoms with E-state index >= 15 is 0 Å². The number of ether oxygens (including phenoxy) is 3. The Morgan fingerprint density at radius 3 is 2.27 bits per heavy atom. The van der Waals surface area contributed by atoms with Crippen LogP contribution in [0.5, 0.6) is 11.5 Å². The highest BCUT2D eigenvalue weighted by atomic mass is 32.1. The van der Waals surface area contributed by atoms with Crippen molar-refractivity contribution in [1.82, 2.24) is 9.88 Å². The fourth-order valence-corrected chi connectivity index (χ4v) is 5.92. The first-order chi connectivity index (χ1) is 20.0. The highest BCUT2D eigenvalue weighted by Gasteiger charge is 2.19. The smallest absolute Gasteiger partial charge is 0.241 e. The Hall–Kier alpha value is -3.34. The minimum absolute atomic E-state index is 0.0593. The van der Waals surface area contributed by atoms with E-state index in [4.69, 9.17) is 30.1 Å². The van der Waals surface area contributed by atoms with Gasteiger partial charge in [-0.05, 0) is 75.2 Å². The summed E-state index contributed by atoms with van der Waals surface area (Å²) in [6.07, 6.45) is 3.30. The number of unbranched alkanes of at least 4 members (excludes halogenated alkanes) is 1. The van der Waals surface area contributed by atoms with Crippen LogP contribution in [0.2, 0.25) is 0 Å². The summed E-state index contributed by atoms with van der Waals surface area (Å²) in [5, 5.41) is 13.0. The van der Waals surface area contributed by atoms with E-state index in [0.29, 0.717) is 11.3 Å². The predicted octanol–water partition coefficient (Wildman–Crippen LogP) is 5.60. The second-order valence-electron chi connectivity index (χ2n) is 9.99. The quantitative estimate of drug-likeness (QED) is 0.0786. The third-order valence-electron chi connectivity index (χ3n) is 7.19. The summed E-state index contributed by atoms with van der Waals surface area (Å²) in [6.45, 7) is 13.0. The van der Waals surface area contributed by atoms with Gasteiger partial charge in [0.05, 0.1) is 18.9 Å². The Morgan fingerprint density at radius 1 is 1.05 bits per heavy atom. The maximum atomic E-state index is 8.90. The van der Waals surface area contributed by atoms with Crippen LogP contribution < -0.4 is 20.1 Å². The normalized spacial score (nSPS) is 15.0. The van der Waals surface area contributed by atoms with Gasteiger partial charge in [-0.2, -0.15) is 0 Å². The Bertz CT molecular complexity index is 1220. The second-order valence-corrected chi connectivity index (χ2v) is 11.0. The van der Waals surface area contributed by atoms with Crippen LogP contribution in [0.3, 0.4) is 0 Å². The number of nitrogens with two attached hydrogens (primary N) is 1. The first kappa shape index (κ1) is 30.6. The Balaban J connectivity index is 1.48. The SMILES string of the molecule is CCCCC(Oc1ccc(C(N)=NO)cc1)Oc1ccc(-c2nc(N(CC)CC)sc2CCN2CCOCC2)cc1. The van der Waals surface area contributed by atoms with Crippen LogP contribution in [0.1, 0.15) is 50.5 Å².